The molecule has 0 aromatic rings. The quantitative estimate of drug-likeness (QED) is 0.0222. The van der Waals surface area contributed by atoms with Gasteiger partial charge in [0.25, 0.3) is 0 Å². The van der Waals surface area contributed by atoms with E-state index in [2.05, 4.69) is 55.4 Å². The number of carbonyl (C=O) groups is 4. The molecule has 0 amide bonds. The number of aliphatic hydroxyl groups is 1. The first-order valence-electron chi connectivity index (χ1n) is 45.7. The Labute approximate surface area is 664 Å². The highest BCUT2D eigenvalue weighted by Crippen LogP contribution is 2.45. The van der Waals surface area contributed by atoms with Crippen LogP contribution in [0.4, 0.5) is 0 Å². The van der Waals surface area contributed by atoms with E-state index in [1.807, 2.05) is 0 Å². The van der Waals surface area contributed by atoms with E-state index in [4.69, 9.17) is 37.0 Å². The molecule has 0 heterocycles. The summed E-state index contributed by atoms with van der Waals surface area (Å²) in [6.45, 7) is 14.4. The fourth-order valence-corrected chi connectivity index (χ4v) is 15.4. The van der Waals surface area contributed by atoms with Gasteiger partial charge in [-0.2, -0.15) is 0 Å². The minimum absolute atomic E-state index is 0.106. The van der Waals surface area contributed by atoms with Gasteiger partial charge in [0.05, 0.1) is 26.4 Å². The van der Waals surface area contributed by atoms with Crippen molar-refractivity contribution in [1.82, 2.24) is 0 Å². The van der Waals surface area contributed by atoms with Crippen LogP contribution in [-0.4, -0.2) is 96.7 Å². The Morgan fingerprint density at radius 1 is 0.259 bits per heavy atom. The highest BCUT2D eigenvalue weighted by molar-refractivity contribution is 7.47. The van der Waals surface area contributed by atoms with E-state index in [1.165, 1.54) is 263 Å². The number of ether oxygens (including phenoxy) is 4. The zero-order chi connectivity index (χ0) is 79.5. The SMILES string of the molecule is CCC(C)CCCCCCCCCCCCCCCCCCCCC(=O)OC[C@H](COP(=O)(O)OCC(O)COP(=O)(O)OC[C@@H](COC(=O)CCCCCCCCCC(C)C)OC(=O)CCCCCCCCCCCCCCC(C)C)OC(=O)CCCCCCCCCCCCCCCCCCCCC(C)C. The molecule has 4 unspecified atom stereocenters. The highest BCUT2D eigenvalue weighted by Gasteiger charge is 2.31. The first kappa shape index (κ1) is 106. The minimum atomic E-state index is -4.97. The van der Waals surface area contributed by atoms with E-state index in [0.29, 0.717) is 31.6 Å². The molecule has 6 atom stereocenters. The van der Waals surface area contributed by atoms with Crippen molar-refractivity contribution in [3.05, 3.63) is 0 Å². The van der Waals surface area contributed by atoms with E-state index in [0.717, 1.165) is 114 Å². The van der Waals surface area contributed by atoms with Gasteiger partial charge in [0.1, 0.15) is 19.3 Å². The standard InChI is InChI=1S/C89H174O17P2/c1-9-82(8)68-60-52-44-36-30-23-19-15-11-13-16-20-24-31-37-45-53-61-69-86(91)99-75-84(105-88(93)71-63-55-46-38-32-25-21-17-12-10-14-18-22-28-34-41-49-57-65-79(2)3)77-103-107(95,96)101-73-83(90)74-102-108(97,98)104-78-85(76-100-87(92)70-62-54-48-40-43-51-59-67-81(6)7)106-89(94)72-64-56-47-39-33-27-26-29-35-42-50-58-66-80(4)5/h79-85,90H,9-78H2,1-8H3,(H,95,96)(H,97,98)/t82?,83?,84-,85-/m1/s1. The molecule has 0 aromatic heterocycles. The molecule has 0 spiro atoms. The van der Waals surface area contributed by atoms with Crippen molar-refractivity contribution in [3.63, 3.8) is 0 Å². The molecule has 0 bridgehead atoms. The molecular formula is C89H174O17P2. The summed E-state index contributed by atoms with van der Waals surface area (Å²) >= 11 is 0. The van der Waals surface area contributed by atoms with Gasteiger partial charge in [-0.3, -0.25) is 37.3 Å². The van der Waals surface area contributed by atoms with Gasteiger partial charge < -0.3 is 33.8 Å². The first-order chi connectivity index (χ1) is 52.1. The van der Waals surface area contributed by atoms with Crippen LogP contribution in [0.25, 0.3) is 0 Å². The van der Waals surface area contributed by atoms with Crippen LogP contribution >= 0.6 is 15.6 Å². The Morgan fingerprint density at radius 2 is 0.444 bits per heavy atom. The molecule has 0 rings (SSSR count). The van der Waals surface area contributed by atoms with Crippen LogP contribution in [-0.2, 0) is 65.4 Å². The van der Waals surface area contributed by atoms with Gasteiger partial charge >= 0.3 is 39.5 Å². The molecule has 0 fully saturated rings. The summed E-state index contributed by atoms with van der Waals surface area (Å²) in [6, 6.07) is 0. The number of hydrogen-bond acceptors (Lipinski definition) is 15. The van der Waals surface area contributed by atoms with Crippen molar-refractivity contribution in [2.75, 3.05) is 39.6 Å². The predicted molar refractivity (Wildman–Crippen MR) is 446 cm³/mol. The van der Waals surface area contributed by atoms with E-state index in [9.17, 15) is 43.2 Å². The van der Waals surface area contributed by atoms with Crippen LogP contribution in [0.3, 0.4) is 0 Å². The fraction of sp³-hybridized carbons (Fsp3) is 0.955. The molecule has 0 aliphatic rings. The normalized spacial score (nSPS) is 14.1. The van der Waals surface area contributed by atoms with E-state index < -0.39 is 97.5 Å². The maximum Gasteiger partial charge on any atom is 0.472 e. The summed E-state index contributed by atoms with van der Waals surface area (Å²) in [6.07, 6.45) is 68.2. The number of hydrogen-bond donors (Lipinski definition) is 3. The molecule has 0 aliphatic heterocycles. The smallest absolute Gasteiger partial charge is 0.462 e. The van der Waals surface area contributed by atoms with E-state index in [1.54, 1.807) is 0 Å². The second kappa shape index (κ2) is 77.6. The van der Waals surface area contributed by atoms with Gasteiger partial charge in [-0.1, -0.05) is 415 Å². The van der Waals surface area contributed by atoms with Crippen molar-refractivity contribution >= 4 is 39.5 Å². The van der Waals surface area contributed by atoms with Crippen molar-refractivity contribution in [2.24, 2.45) is 23.7 Å². The van der Waals surface area contributed by atoms with Gasteiger partial charge in [-0.05, 0) is 49.4 Å². The molecule has 3 N–H and O–H groups in total. The Bertz CT molecular complexity index is 2100. The van der Waals surface area contributed by atoms with Crippen LogP contribution in [0, 0.1) is 23.7 Å². The zero-order valence-corrected chi connectivity index (χ0v) is 73.3. The van der Waals surface area contributed by atoms with E-state index >= 15 is 0 Å². The summed E-state index contributed by atoms with van der Waals surface area (Å²) in [4.78, 5) is 73.3. The lowest BCUT2D eigenvalue weighted by Gasteiger charge is -2.21. The van der Waals surface area contributed by atoms with E-state index in [-0.39, 0.29) is 25.7 Å². The molecule has 0 saturated heterocycles. The maximum atomic E-state index is 13.2. The Kier molecular flexibility index (Phi) is 76.2. The van der Waals surface area contributed by atoms with Crippen LogP contribution in [0.15, 0.2) is 0 Å². The van der Waals surface area contributed by atoms with Crippen LogP contribution in [0.2, 0.25) is 0 Å². The summed E-state index contributed by atoms with van der Waals surface area (Å²) in [7, 11) is -9.93. The highest BCUT2D eigenvalue weighted by atomic mass is 31.2. The largest absolute Gasteiger partial charge is 0.472 e. The lowest BCUT2D eigenvalue weighted by molar-refractivity contribution is -0.161. The topological polar surface area (TPSA) is 237 Å². The van der Waals surface area contributed by atoms with Crippen LogP contribution < -0.4 is 0 Å². The third-order valence-electron chi connectivity index (χ3n) is 21.2. The van der Waals surface area contributed by atoms with Crippen molar-refractivity contribution in [1.29, 1.82) is 0 Å². The number of rotatable bonds is 86. The predicted octanol–water partition coefficient (Wildman–Crippen LogP) is 27.1. The third-order valence-corrected chi connectivity index (χ3v) is 23.1. The summed E-state index contributed by atoms with van der Waals surface area (Å²) in [5, 5.41) is 10.7. The van der Waals surface area contributed by atoms with Gasteiger partial charge in [0.15, 0.2) is 12.2 Å². The maximum absolute atomic E-state index is 13.2. The number of esters is 4. The molecule has 0 aromatic carbocycles. The number of aliphatic hydroxyl groups excluding tert-OH is 1. The molecule has 0 aliphatic carbocycles. The molecule has 0 saturated carbocycles. The van der Waals surface area contributed by atoms with Crippen molar-refractivity contribution in [2.45, 2.75) is 485 Å². The Balaban J connectivity index is 5.21. The molecule has 17 nitrogen and oxygen atoms in total. The van der Waals surface area contributed by atoms with Gasteiger partial charge in [-0.25, -0.2) is 9.13 Å². The second-order valence-corrected chi connectivity index (χ2v) is 36.6. The first-order valence-corrected chi connectivity index (χ1v) is 48.7. The zero-order valence-electron chi connectivity index (χ0n) is 71.5. The number of unbranched alkanes of at least 4 members (excludes halogenated alkanes) is 51. The minimum Gasteiger partial charge on any atom is -0.462 e. The Morgan fingerprint density at radius 3 is 0.657 bits per heavy atom. The Hall–Kier alpha value is -1.94. The molecule has 0 radical (unpaired) electrons. The lowest BCUT2D eigenvalue weighted by Crippen LogP contribution is -2.30. The van der Waals surface area contributed by atoms with Crippen molar-refractivity contribution < 1.29 is 80.2 Å². The van der Waals surface area contributed by atoms with Gasteiger partial charge in [-0.15, -0.1) is 0 Å². The lowest BCUT2D eigenvalue weighted by atomic mass is 9.99. The van der Waals surface area contributed by atoms with Crippen molar-refractivity contribution in [3.8, 4) is 0 Å². The summed E-state index contributed by atoms with van der Waals surface area (Å²) in [5.41, 5.74) is 0. The monoisotopic (exact) mass is 1580 g/mol. The number of phosphoric ester groups is 2. The fourth-order valence-electron chi connectivity index (χ4n) is 13.8. The molecule has 19 heteroatoms. The van der Waals surface area contributed by atoms with Gasteiger partial charge in [0.2, 0.25) is 0 Å². The van der Waals surface area contributed by atoms with Gasteiger partial charge in [0, 0.05) is 25.7 Å². The van der Waals surface area contributed by atoms with Crippen LogP contribution in [0.5, 0.6) is 0 Å². The average Bonchev–Trinajstić information content (AvgIpc) is 0.762. The van der Waals surface area contributed by atoms with Crippen LogP contribution in [0.1, 0.15) is 466 Å². The second-order valence-electron chi connectivity index (χ2n) is 33.7. The molecular weight excluding hydrogens is 1400 g/mol. The number of phosphoric acid groups is 2. The molecule has 642 valence electrons. The summed E-state index contributed by atoms with van der Waals surface area (Å²) < 4.78 is 68.9. The molecule has 108 heavy (non-hydrogen) atoms. The summed E-state index contributed by atoms with van der Waals surface area (Å²) in [5.74, 6) is 1.07. The number of carbonyl (C=O) groups excluding carboxylic acids is 4. The third kappa shape index (κ3) is 80.7. The average molecular weight is 1580 g/mol.